The monoisotopic (exact) mass is 431 g/mol. The average Bonchev–Trinajstić information content (AvgIpc) is 3.23. The molecule has 0 bridgehead atoms. The average molecular weight is 431 g/mol. The van der Waals surface area contributed by atoms with Crippen molar-refractivity contribution >= 4 is 34.2 Å². The molecule has 154 valence electrons. The van der Waals surface area contributed by atoms with E-state index in [-0.39, 0.29) is 22.4 Å². The van der Waals surface area contributed by atoms with E-state index in [1.807, 2.05) is 30.3 Å². The van der Waals surface area contributed by atoms with Crippen molar-refractivity contribution in [1.82, 2.24) is 0 Å². The van der Waals surface area contributed by atoms with Gasteiger partial charge in [-0.1, -0.05) is 24.3 Å². The van der Waals surface area contributed by atoms with Crippen LogP contribution in [-0.4, -0.2) is 27.7 Å². The van der Waals surface area contributed by atoms with Gasteiger partial charge >= 0.3 is 5.97 Å². The van der Waals surface area contributed by atoms with E-state index in [1.165, 1.54) is 24.3 Å². The molecule has 1 atom stereocenters. The van der Waals surface area contributed by atoms with Crippen molar-refractivity contribution in [1.29, 1.82) is 5.26 Å². The Morgan fingerprint density at radius 3 is 2.65 bits per heavy atom. The molecular formula is C23H17N3O4S. The van der Waals surface area contributed by atoms with Crippen molar-refractivity contribution in [3.63, 3.8) is 0 Å². The molecule has 1 unspecified atom stereocenters. The zero-order valence-electron chi connectivity index (χ0n) is 16.2. The van der Waals surface area contributed by atoms with Crippen molar-refractivity contribution in [3.05, 3.63) is 89.0 Å². The number of nitrogens with zero attached hydrogens (tertiary/aromatic N) is 2. The lowest BCUT2D eigenvalue weighted by Gasteiger charge is -2.18. The number of para-hydroxylation sites is 1. The molecule has 4 rings (SSSR count). The van der Waals surface area contributed by atoms with E-state index >= 15 is 0 Å². The fourth-order valence-electron chi connectivity index (χ4n) is 3.45. The van der Waals surface area contributed by atoms with Crippen molar-refractivity contribution < 1.29 is 18.9 Å². The Morgan fingerprint density at radius 2 is 1.87 bits per heavy atom. The third kappa shape index (κ3) is 4.04. The first kappa shape index (κ1) is 20.3. The van der Waals surface area contributed by atoms with Gasteiger partial charge in [-0.15, -0.1) is 0 Å². The van der Waals surface area contributed by atoms with Gasteiger partial charge in [-0.05, 0) is 54.4 Å². The largest absolute Gasteiger partial charge is 0.478 e. The highest BCUT2D eigenvalue weighted by Crippen LogP contribution is 2.31. The molecule has 0 radical (unpaired) electrons. The summed E-state index contributed by atoms with van der Waals surface area (Å²) in [6.07, 6.45) is 0.804. The van der Waals surface area contributed by atoms with Crippen LogP contribution in [-0.2, 0) is 17.4 Å². The van der Waals surface area contributed by atoms with Crippen molar-refractivity contribution in [2.45, 2.75) is 11.3 Å². The summed E-state index contributed by atoms with van der Waals surface area (Å²) >= 11 is 0. The lowest BCUT2D eigenvalue weighted by molar-refractivity contribution is 0.0698. The van der Waals surface area contributed by atoms with Crippen LogP contribution >= 0.6 is 0 Å². The first-order chi connectivity index (χ1) is 15.0. The molecule has 3 aromatic rings. The Labute approximate surface area is 181 Å². The molecule has 3 aromatic carbocycles. The number of nitrogens with one attached hydrogen (secondary N) is 1. The highest BCUT2D eigenvalue weighted by atomic mass is 32.2. The molecule has 0 spiro atoms. The molecule has 7 nitrogen and oxygen atoms in total. The zero-order valence-corrected chi connectivity index (χ0v) is 17.1. The summed E-state index contributed by atoms with van der Waals surface area (Å²) in [5.41, 5.74) is 2.38. The van der Waals surface area contributed by atoms with E-state index in [0.717, 1.165) is 17.7 Å². The van der Waals surface area contributed by atoms with Gasteiger partial charge in [-0.2, -0.15) is 5.26 Å². The van der Waals surface area contributed by atoms with E-state index in [2.05, 4.69) is 5.32 Å². The summed E-state index contributed by atoms with van der Waals surface area (Å²) in [5, 5.41) is 20.9. The minimum absolute atomic E-state index is 0.0801. The summed E-state index contributed by atoms with van der Waals surface area (Å²) in [7, 11) is -1.49. The number of rotatable bonds is 5. The number of hydrogen-bond donors (Lipinski definition) is 2. The van der Waals surface area contributed by atoms with Crippen molar-refractivity contribution in [3.8, 4) is 6.07 Å². The summed E-state index contributed by atoms with van der Waals surface area (Å²) in [6, 6.07) is 20.1. The van der Waals surface area contributed by atoms with Gasteiger partial charge in [0.25, 0.3) is 5.91 Å². The Kier molecular flexibility index (Phi) is 5.52. The van der Waals surface area contributed by atoms with Crippen LogP contribution in [0.5, 0.6) is 0 Å². The first-order valence-electron chi connectivity index (χ1n) is 9.44. The molecular weight excluding hydrogens is 414 g/mol. The van der Waals surface area contributed by atoms with Crippen molar-refractivity contribution in [2.24, 2.45) is 0 Å². The zero-order chi connectivity index (χ0) is 22.0. The predicted molar refractivity (Wildman–Crippen MR) is 116 cm³/mol. The minimum Gasteiger partial charge on any atom is -0.478 e. The predicted octanol–water partition coefficient (Wildman–Crippen LogP) is 3.59. The third-order valence-corrected chi connectivity index (χ3v) is 6.41. The smallest absolute Gasteiger partial charge is 0.337 e. The molecule has 0 fully saturated rings. The molecule has 8 heteroatoms. The van der Waals surface area contributed by atoms with Gasteiger partial charge in [0.15, 0.2) is 11.0 Å². The quantitative estimate of drug-likeness (QED) is 0.641. The van der Waals surface area contributed by atoms with Crippen LogP contribution < -0.4 is 9.62 Å². The topological polar surface area (TPSA) is 111 Å². The second kappa shape index (κ2) is 8.42. The van der Waals surface area contributed by atoms with Gasteiger partial charge in [0.05, 0.1) is 33.5 Å². The molecule has 0 saturated carbocycles. The van der Waals surface area contributed by atoms with E-state index in [9.17, 15) is 18.9 Å². The van der Waals surface area contributed by atoms with Crippen LogP contribution in [0.1, 0.15) is 31.8 Å². The lowest BCUT2D eigenvalue weighted by atomic mass is 10.1. The molecule has 2 N–H and O–H groups in total. The summed E-state index contributed by atoms with van der Waals surface area (Å²) < 4.78 is 15.0. The SMILES string of the molecule is N#Cc1ccc(NC(=O)c2cccc(S(=O)N3CCc4ccccc43)c2)c(C(=O)O)c1. The number of benzene rings is 3. The van der Waals surface area contributed by atoms with Crippen LogP contribution in [0.25, 0.3) is 0 Å². The Hall–Kier alpha value is -3.96. The van der Waals surface area contributed by atoms with Crippen LogP contribution in [0.4, 0.5) is 11.4 Å². The maximum atomic E-state index is 13.2. The Bertz CT molecular complexity index is 1270. The van der Waals surface area contributed by atoms with Gasteiger partial charge in [-0.3, -0.25) is 9.10 Å². The number of carboxylic acids is 1. The number of hydrogen-bond acceptors (Lipinski definition) is 4. The van der Waals surface area contributed by atoms with Crippen LogP contribution in [0, 0.1) is 11.3 Å². The second-order valence-electron chi connectivity index (χ2n) is 6.89. The fraction of sp³-hybridized carbons (Fsp3) is 0.0870. The lowest BCUT2D eigenvalue weighted by Crippen LogP contribution is -2.23. The Balaban J connectivity index is 1.58. The Morgan fingerprint density at radius 1 is 1.06 bits per heavy atom. The number of anilines is 2. The number of carboxylic acid groups (broad SMARTS) is 1. The molecule has 31 heavy (non-hydrogen) atoms. The van der Waals surface area contributed by atoms with Gasteiger partial charge < -0.3 is 10.4 Å². The molecule has 1 heterocycles. The minimum atomic E-state index is -1.49. The standard InChI is InChI=1S/C23H17N3O4S/c24-14-15-8-9-20(19(12-15)23(28)29)25-22(27)17-5-3-6-18(13-17)31(30)26-11-10-16-4-1-2-7-21(16)26/h1-9,12-13H,10-11H2,(H,25,27)(H,28,29). The number of carbonyl (C=O) groups is 2. The number of aromatic carboxylic acids is 1. The van der Waals surface area contributed by atoms with Gasteiger partial charge in [0.2, 0.25) is 0 Å². The molecule has 0 aromatic heterocycles. The van der Waals surface area contributed by atoms with E-state index < -0.39 is 22.9 Å². The first-order valence-corrected chi connectivity index (χ1v) is 10.5. The normalized spacial score (nSPS) is 13.2. The molecule has 0 saturated heterocycles. The third-order valence-electron chi connectivity index (χ3n) is 4.97. The van der Waals surface area contributed by atoms with Gasteiger partial charge in [0.1, 0.15) is 0 Å². The number of carbonyl (C=O) groups excluding carboxylic acids is 1. The maximum Gasteiger partial charge on any atom is 0.337 e. The second-order valence-corrected chi connectivity index (χ2v) is 8.30. The van der Waals surface area contributed by atoms with Gasteiger partial charge in [0, 0.05) is 12.1 Å². The molecule has 0 aliphatic carbocycles. The van der Waals surface area contributed by atoms with Crippen LogP contribution in [0.2, 0.25) is 0 Å². The molecule has 1 amide bonds. The number of amides is 1. The number of fused-ring (bicyclic) bond motifs is 1. The number of nitriles is 1. The van der Waals surface area contributed by atoms with Gasteiger partial charge in [-0.25, -0.2) is 9.00 Å². The van der Waals surface area contributed by atoms with E-state index in [4.69, 9.17) is 5.26 Å². The highest BCUT2D eigenvalue weighted by molar-refractivity contribution is 7.86. The van der Waals surface area contributed by atoms with Crippen LogP contribution in [0.15, 0.2) is 71.6 Å². The molecule has 1 aliphatic heterocycles. The molecule has 1 aliphatic rings. The summed E-state index contributed by atoms with van der Waals surface area (Å²) in [5.74, 6) is -1.79. The fourth-order valence-corrected chi connectivity index (χ4v) is 4.74. The van der Waals surface area contributed by atoms with E-state index in [0.29, 0.717) is 11.4 Å². The van der Waals surface area contributed by atoms with Crippen molar-refractivity contribution in [2.75, 3.05) is 16.2 Å². The highest BCUT2D eigenvalue weighted by Gasteiger charge is 2.25. The maximum absolute atomic E-state index is 13.2. The summed E-state index contributed by atoms with van der Waals surface area (Å²) in [4.78, 5) is 24.7. The summed E-state index contributed by atoms with van der Waals surface area (Å²) in [6.45, 7) is 0.621. The van der Waals surface area contributed by atoms with Crippen LogP contribution in [0.3, 0.4) is 0 Å². The van der Waals surface area contributed by atoms with E-state index in [1.54, 1.807) is 22.5 Å².